The molecule has 1 unspecified atom stereocenters. The Morgan fingerprint density at radius 1 is 1.53 bits per heavy atom. The van der Waals surface area contributed by atoms with Gasteiger partial charge in [0.2, 0.25) is 10.0 Å². The number of aliphatic carboxylic acids is 1. The molecule has 19 heavy (non-hydrogen) atoms. The molecule has 0 bridgehead atoms. The average molecular weight is 310 g/mol. The van der Waals surface area contributed by atoms with E-state index in [0.717, 1.165) is 13.1 Å². The van der Waals surface area contributed by atoms with E-state index in [1.54, 1.807) is 0 Å². The normalized spacial score (nSPS) is 13.5. The van der Waals surface area contributed by atoms with Crippen LogP contribution in [0.2, 0.25) is 5.02 Å². The third kappa shape index (κ3) is 3.65. The predicted molar refractivity (Wildman–Crippen MR) is 68.9 cm³/mol. The van der Waals surface area contributed by atoms with Crippen LogP contribution in [0.1, 0.15) is 12.5 Å². The van der Waals surface area contributed by atoms with Gasteiger partial charge in [-0.25, -0.2) is 12.8 Å². The van der Waals surface area contributed by atoms with Gasteiger partial charge < -0.3 is 5.11 Å². The van der Waals surface area contributed by atoms with Crippen molar-refractivity contribution in [3.05, 3.63) is 34.6 Å². The summed E-state index contributed by atoms with van der Waals surface area (Å²) in [6.45, 7) is 1.23. The Morgan fingerprint density at radius 3 is 2.58 bits per heavy atom. The molecule has 5 nitrogen and oxygen atoms in total. The highest BCUT2D eigenvalue weighted by Gasteiger charge is 2.29. The lowest BCUT2D eigenvalue weighted by atomic mass is 10.2. The first kappa shape index (κ1) is 15.9. The van der Waals surface area contributed by atoms with E-state index < -0.39 is 33.6 Å². The second kappa shape index (κ2) is 5.85. The van der Waals surface area contributed by atoms with Gasteiger partial charge in [-0.15, -0.1) is 0 Å². The molecule has 0 aliphatic rings. The molecule has 106 valence electrons. The average Bonchev–Trinajstić information content (AvgIpc) is 2.32. The first-order valence-electron chi connectivity index (χ1n) is 5.28. The zero-order valence-electron chi connectivity index (χ0n) is 10.3. The fourth-order valence-electron chi connectivity index (χ4n) is 1.35. The van der Waals surface area contributed by atoms with Crippen LogP contribution in [0.4, 0.5) is 4.39 Å². The van der Waals surface area contributed by atoms with Gasteiger partial charge in [-0.2, -0.15) is 4.31 Å². The van der Waals surface area contributed by atoms with Crippen LogP contribution in [0.5, 0.6) is 0 Å². The molecule has 0 fully saturated rings. The van der Waals surface area contributed by atoms with Crippen LogP contribution in [0, 0.1) is 5.82 Å². The van der Waals surface area contributed by atoms with E-state index in [4.69, 9.17) is 16.7 Å². The zero-order valence-corrected chi connectivity index (χ0v) is 11.9. The molecule has 0 spiro atoms. The molecule has 1 rings (SSSR count). The maximum absolute atomic E-state index is 13.5. The third-order valence-electron chi connectivity index (χ3n) is 2.73. The Bertz CT molecular complexity index is 570. The molecule has 0 amide bonds. The quantitative estimate of drug-likeness (QED) is 0.898. The van der Waals surface area contributed by atoms with Crippen LogP contribution >= 0.6 is 11.6 Å². The van der Waals surface area contributed by atoms with Crippen LogP contribution in [0.25, 0.3) is 0 Å². The Kier molecular flexibility index (Phi) is 4.89. The van der Waals surface area contributed by atoms with Crippen molar-refractivity contribution >= 4 is 27.6 Å². The molecule has 0 aliphatic carbocycles. The van der Waals surface area contributed by atoms with Crippen molar-refractivity contribution in [2.75, 3.05) is 7.05 Å². The predicted octanol–water partition coefficient (Wildman–Crippen LogP) is 1.71. The summed E-state index contributed by atoms with van der Waals surface area (Å²) in [5.74, 6) is -2.72. The number of carbonyl (C=O) groups is 1. The van der Waals surface area contributed by atoms with Crippen LogP contribution in [-0.2, 0) is 20.6 Å². The number of likely N-dealkylation sites (N-methyl/N-ethyl adjacent to an activating group) is 1. The second-order valence-corrected chi connectivity index (χ2v) is 6.42. The molecule has 1 aromatic carbocycles. The molecule has 1 aromatic rings. The standard InChI is InChI=1S/C11H13ClFNO4S/c1-7(11(15)16)14(2)19(17,18)6-8-9(12)4-3-5-10(8)13/h3-5,7H,6H2,1-2H3,(H,15,16). The van der Waals surface area contributed by atoms with E-state index in [-0.39, 0.29) is 10.6 Å². The topological polar surface area (TPSA) is 74.7 Å². The summed E-state index contributed by atoms with van der Waals surface area (Å²) in [7, 11) is -2.85. The number of carboxylic acids is 1. The summed E-state index contributed by atoms with van der Waals surface area (Å²) < 4.78 is 38.2. The number of nitrogens with zero attached hydrogens (tertiary/aromatic N) is 1. The minimum absolute atomic E-state index is 0.0139. The molecular formula is C11H13ClFNO4S. The van der Waals surface area contributed by atoms with Gasteiger partial charge in [-0.1, -0.05) is 17.7 Å². The van der Waals surface area contributed by atoms with Gasteiger partial charge >= 0.3 is 5.97 Å². The fraction of sp³-hybridized carbons (Fsp3) is 0.364. The zero-order chi connectivity index (χ0) is 14.8. The van der Waals surface area contributed by atoms with E-state index in [0.29, 0.717) is 4.31 Å². The first-order chi connectivity index (χ1) is 8.66. The summed E-state index contributed by atoms with van der Waals surface area (Å²) >= 11 is 5.74. The van der Waals surface area contributed by atoms with E-state index in [1.165, 1.54) is 19.1 Å². The highest BCUT2D eigenvalue weighted by molar-refractivity contribution is 7.88. The molecule has 0 radical (unpaired) electrons. The molecular weight excluding hydrogens is 297 g/mol. The van der Waals surface area contributed by atoms with Gasteiger partial charge in [0.15, 0.2) is 0 Å². The number of sulfonamides is 1. The number of halogens is 2. The molecule has 0 aromatic heterocycles. The summed E-state index contributed by atoms with van der Waals surface area (Å²) in [6, 6.07) is 2.58. The van der Waals surface area contributed by atoms with Gasteiger partial charge in [0.05, 0.1) is 5.75 Å². The number of hydrogen-bond acceptors (Lipinski definition) is 3. The van der Waals surface area contributed by atoms with Crippen LogP contribution in [-0.4, -0.2) is 36.9 Å². The summed E-state index contributed by atoms with van der Waals surface area (Å²) in [4.78, 5) is 10.8. The molecule has 0 aliphatic heterocycles. The Labute approximate surface area is 115 Å². The minimum atomic E-state index is -3.97. The Balaban J connectivity index is 3.07. The highest BCUT2D eigenvalue weighted by atomic mass is 35.5. The van der Waals surface area contributed by atoms with Gasteiger partial charge in [0.1, 0.15) is 11.9 Å². The van der Waals surface area contributed by atoms with Gasteiger partial charge in [0, 0.05) is 17.6 Å². The highest BCUT2D eigenvalue weighted by Crippen LogP contribution is 2.23. The number of rotatable bonds is 5. The summed E-state index contributed by atoms with van der Waals surface area (Å²) in [6.07, 6.45) is 0. The molecule has 1 N–H and O–H groups in total. The first-order valence-corrected chi connectivity index (χ1v) is 7.27. The molecule has 8 heteroatoms. The monoisotopic (exact) mass is 309 g/mol. The summed E-state index contributed by atoms with van der Waals surface area (Å²) in [5.41, 5.74) is -0.173. The largest absolute Gasteiger partial charge is 0.480 e. The second-order valence-electron chi connectivity index (χ2n) is 3.99. The van der Waals surface area contributed by atoms with E-state index in [2.05, 4.69) is 0 Å². The van der Waals surface area contributed by atoms with Crippen molar-refractivity contribution in [1.29, 1.82) is 0 Å². The van der Waals surface area contributed by atoms with Crippen LogP contribution in [0.15, 0.2) is 18.2 Å². The van der Waals surface area contributed by atoms with E-state index >= 15 is 0 Å². The van der Waals surface area contributed by atoms with Crippen LogP contribution < -0.4 is 0 Å². The SMILES string of the molecule is CC(C(=O)O)N(C)S(=O)(=O)Cc1c(F)cccc1Cl. The maximum atomic E-state index is 13.5. The smallest absolute Gasteiger partial charge is 0.321 e. The fourth-order valence-corrected chi connectivity index (χ4v) is 3.09. The van der Waals surface area contributed by atoms with Gasteiger partial charge in [-0.05, 0) is 19.1 Å². The van der Waals surface area contributed by atoms with Crippen molar-refractivity contribution in [2.45, 2.75) is 18.7 Å². The van der Waals surface area contributed by atoms with Gasteiger partial charge in [0.25, 0.3) is 0 Å². The number of hydrogen-bond donors (Lipinski definition) is 1. The number of carboxylic acid groups (broad SMARTS) is 1. The van der Waals surface area contributed by atoms with Crippen LogP contribution in [0.3, 0.4) is 0 Å². The molecule has 0 saturated heterocycles. The Morgan fingerprint density at radius 2 is 2.11 bits per heavy atom. The molecule has 0 heterocycles. The summed E-state index contributed by atoms with van der Waals surface area (Å²) in [5, 5.41) is 8.77. The maximum Gasteiger partial charge on any atom is 0.321 e. The number of benzene rings is 1. The van der Waals surface area contributed by atoms with Crippen molar-refractivity contribution in [1.82, 2.24) is 4.31 Å². The van der Waals surface area contributed by atoms with Crippen molar-refractivity contribution < 1.29 is 22.7 Å². The third-order valence-corrected chi connectivity index (χ3v) is 4.93. The Hall–Kier alpha value is -1.18. The van der Waals surface area contributed by atoms with Crippen molar-refractivity contribution in [3.8, 4) is 0 Å². The lowest BCUT2D eigenvalue weighted by Gasteiger charge is -2.21. The van der Waals surface area contributed by atoms with E-state index in [9.17, 15) is 17.6 Å². The van der Waals surface area contributed by atoms with E-state index in [1.807, 2.05) is 0 Å². The lowest BCUT2D eigenvalue weighted by Crippen LogP contribution is -2.40. The minimum Gasteiger partial charge on any atom is -0.480 e. The van der Waals surface area contributed by atoms with Gasteiger partial charge in [-0.3, -0.25) is 4.79 Å². The molecule has 1 atom stereocenters. The van der Waals surface area contributed by atoms with Crippen molar-refractivity contribution in [2.24, 2.45) is 0 Å². The van der Waals surface area contributed by atoms with Crippen molar-refractivity contribution in [3.63, 3.8) is 0 Å². The molecule has 0 saturated carbocycles. The lowest BCUT2D eigenvalue weighted by molar-refractivity contribution is -0.140.